The van der Waals surface area contributed by atoms with Crippen molar-refractivity contribution in [2.75, 3.05) is 39.6 Å². The molecule has 49 heavy (non-hydrogen) atoms. The monoisotopic (exact) mass is 688 g/mol. The maximum absolute atomic E-state index is 13.2. The standard InChI is InChI=1S/C41H68O8/c1-33(2)34(42)49-41-30-38(46-21-12-6-9-15-35(3)18-24-43-35)27-39(31-41,47-22-13-7-10-16-36(4)19-25-44-36)29-40(28-38,32-41)48-23-14-8-11-17-37(5)20-26-45-37/h1,6-32H2,2-5H3. The van der Waals surface area contributed by atoms with Gasteiger partial charge in [0.1, 0.15) is 5.60 Å². The highest BCUT2D eigenvalue weighted by molar-refractivity contribution is 5.87. The van der Waals surface area contributed by atoms with E-state index in [0.29, 0.717) is 44.7 Å². The van der Waals surface area contributed by atoms with Gasteiger partial charge in [-0.05, 0) is 85.5 Å². The normalized spacial score (nSPS) is 40.4. The van der Waals surface area contributed by atoms with E-state index in [1.807, 2.05) is 0 Å². The van der Waals surface area contributed by atoms with Crippen LogP contribution in [0.3, 0.4) is 0 Å². The van der Waals surface area contributed by atoms with Crippen molar-refractivity contribution >= 4 is 5.97 Å². The molecule has 0 amide bonds. The second-order valence-electron chi connectivity index (χ2n) is 18.1. The third kappa shape index (κ3) is 9.32. The lowest BCUT2D eigenvalue weighted by molar-refractivity contribution is -0.327. The number of carbonyl (C=O) groups excluding carboxylic acids is 1. The molecule has 3 aliphatic heterocycles. The Labute approximate surface area is 297 Å². The van der Waals surface area contributed by atoms with Crippen molar-refractivity contribution in [3.63, 3.8) is 0 Å². The minimum Gasteiger partial charge on any atom is -0.455 e. The van der Waals surface area contributed by atoms with E-state index in [1.54, 1.807) is 6.92 Å². The maximum Gasteiger partial charge on any atom is 0.333 e. The van der Waals surface area contributed by atoms with Gasteiger partial charge in [0.2, 0.25) is 0 Å². The molecule has 4 aliphatic carbocycles. The second-order valence-corrected chi connectivity index (χ2v) is 18.1. The van der Waals surface area contributed by atoms with E-state index in [-0.39, 0.29) is 22.8 Å². The van der Waals surface area contributed by atoms with Gasteiger partial charge in [-0.1, -0.05) is 45.1 Å². The predicted molar refractivity (Wildman–Crippen MR) is 190 cm³/mol. The third-order valence-electron chi connectivity index (χ3n) is 13.0. The molecule has 3 heterocycles. The van der Waals surface area contributed by atoms with Crippen molar-refractivity contribution < 1.29 is 38.0 Å². The van der Waals surface area contributed by atoms with Gasteiger partial charge in [-0.3, -0.25) is 0 Å². The van der Waals surface area contributed by atoms with E-state index < -0.39 is 22.4 Å². The summed E-state index contributed by atoms with van der Waals surface area (Å²) in [5.74, 6) is -0.312. The minimum absolute atomic E-state index is 0.0830. The van der Waals surface area contributed by atoms with Crippen LogP contribution in [0.15, 0.2) is 12.2 Å². The highest BCUT2D eigenvalue weighted by Gasteiger charge is 2.72. The van der Waals surface area contributed by atoms with Crippen molar-refractivity contribution in [2.24, 2.45) is 0 Å². The molecule has 3 saturated heterocycles. The Morgan fingerprint density at radius 2 is 0.837 bits per heavy atom. The number of esters is 1. The first-order valence-electron chi connectivity index (χ1n) is 20.0. The van der Waals surface area contributed by atoms with Gasteiger partial charge in [0.05, 0.1) is 53.4 Å². The fraction of sp³-hybridized carbons (Fsp3) is 0.927. The molecule has 8 nitrogen and oxygen atoms in total. The molecule has 8 heteroatoms. The molecule has 0 spiro atoms. The molecule has 4 bridgehead atoms. The predicted octanol–water partition coefficient (Wildman–Crippen LogP) is 8.71. The number of carbonyl (C=O) groups is 1. The zero-order chi connectivity index (χ0) is 34.7. The quantitative estimate of drug-likeness (QED) is 0.0599. The average molecular weight is 689 g/mol. The molecule has 7 fully saturated rings. The zero-order valence-electron chi connectivity index (χ0n) is 31.6. The lowest BCUT2D eigenvalue weighted by Crippen LogP contribution is -2.74. The van der Waals surface area contributed by atoms with Gasteiger partial charge in [-0.25, -0.2) is 4.79 Å². The Morgan fingerprint density at radius 3 is 1.10 bits per heavy atom. The van der Waals surface area contributed by atoms with Crippen LogP contribution in [-0.4, -0.2) is 84.8 Å². The average Bonchev–Trinajstić information content (AvgIpc) is 2.98. The molecule has 3 unspecified atom stereocenters. The van der Waals surface area contributed by atoms with Crippen LogP contribution in [0, 0.1) is 0 Å². The fourth-order valence-electron chi connectivity index (χ4n) is 10.3. The highest BCUT2D eigenvalue weighted by Crippen LogP contribution is 2.65. The minimum atomic E-state index is -0.673. The lowest BCUT2D eigenvalue weighted by atomic mass is 9.48. The Bertz CT molecular complexity index is 1010. The molecule has 7 rings (SSSR count). The van der Waals surface area contributed by atoms with E-state index in [2.05, 4.69) is 27.4 Å². The highest BCUT2D eigenvalue weighted by atomic mass is 16.6. The molecule has 4 saturated carbocycles. The Hall–Kier alpha value is -1.03. The van der Waals surface area contributed by atoms with E-state index in [0.717, 1.165) is 116 Å². The van der Waals surface area contributed by atoms with Crippen LogP contribution < -0.4 is 0 Å². The molecule has 0 N–H and O–H groups in total. The van der Waals surface area contributed by atoms with E-state index >= 15 is 0 Å². The van der Waals surface area contributed by atoms with Gasteiger partial charge < -0.3 is 33.2 Å². The maximum atomic E-state index is 13.2. The van der Waals surface area contributed by atoms with Crippen LogP contribution in [-0.2, 0) is 38.0 Å². The summed E-state index contributed by atoms with van der Waals surface area (Å²) in [5.41, 5.74) is -1.28. The van der Waals surface area contributed by atoms with Crippen LogP contribution in [0.4, 0.5) is 0 Å². The molecule has 0 aromatic carbocycles. The van der Waals surface area contributed by atoms with Crippen LogP contribution >= 0.6 is 0 Å². The number of unbranched alkanes of at least 4 members (excludes halogenated alkanes) is 6. The van der Waals surface area contributed by atoms with Crippen molar-refractivity contribution in [2.45, 2.75) is 202 Å². The van der Waals surface area contributed by atoms with E-state index in [9.17, 15) is 4.79 Å². The van der Waals surface area contributed by atoms with Gasteiger partial charge in [0.25, 0.3) is 0 Å². The first kappa shape index (κ1) is 37.7. The summed E-state index contributed by atoms with van der Waals surface area (Å²) < 4.78 is 44.9. The summed E-state index contributed by atoms with van der Waals surface area (Å²) in [5, 5.41) is 0. The lowest BCUT2D eigenvalue weighted by Gasteiger charge is -2.68. The first-order chi connectivity index (χ1) is 23.3. The summed E-state index contributed by atoms with van der Waals surface area (Å²) >= 11 is 0. The van der Waals surface area contributed by atoms with Crippen LogP contribution in [0.2, 0.25) is 0 Å². The largest absolute Gasteiger partial charge is 0.455 e. The van der Waals surface area contributed by atoms with E-state index in [1.165, 1.54) is 19.3 Å². The Kier molecular flexibility index (Phi) is 11.7. The number of ether oxygens (including phenoxy) is 7. The second kappa shape index (κ2) is 15.1. The molecule has 0 radical (unpaired) electrons. The summed E-state index contributed by atoms with van der Waals surface area (Å²) in [4.78, 5) is 13.2. The van der Waals surface area contributed by atoms with Gasteiger partial charge in [-0.15, -0.1) is 0 Å². The Balaban J connectivity index is 1.10. The molecular formula is C41H68O8. The SMILES string of the molecule is C=C(C)C(=O)OC12CC3(OCCCCCC4(C)CCO4)CC(OCCCCCC4(C)CCO4)(CC(OCCCCCC4(C)CCO4)(C3)C1)C2. The van der Waals surface area contributed by atoms with Crippen LogP contribution in [0.1, 0.15) is 163 Å². The topological polar surface area (TPSA) is 81.7 Å². The molecule has 280 valence electrons. The summed E-state index contributed by atoms with van der Waals surface area (Å²) in [6.45, 7) is 17.2. The van der Waals surface area contributed by atoms with Crippen molar-refractivity contribution in [3.8, 4) is 0 Å². The number of hydrogen-bond donors (Lipinski definition) is 0. The Morgan fingerprint density at radius 1 is 0.531 bits per heavy atom. The van der Waals surface area contributed by atoms with Gasteiger partial charge in [0.15, 0.2) is 0 Å². The molecule has 3 atom stereocenters. The van der Waals surface area contributed by atoms with Crippen molar-refractivity contribution in [3.05, 3.63) is 12.2 Å². The zero-order valence-corrected chi connectivity index (χ0v) is 31.6. The van der Waals surface area contributed by atoms with Crippen molar-refractivity contribution in [1.82, 2.24) is 0 Å². The molecular weight excluding hydrogens is 620 g/mol. The first-order valence-corrected chi connectivity index (χ1v) is 20.0. The van der Waals surface area contributed by atoms with Crippen LogP contribution in [0.5, 0.6) is 0 Å². The van der Waals surface area contributed by atoms with Gasteiger partial charge in [-0.2, -0.15) is 0 Å². The van der Waals surface area contributed by atoms with Gasteiger partial charge in [0, 0.05) is 63.9 Å². The fourth-order valence-corrected chi connectivity index (χ4v) is 10.3. The number of hydrogen-bond acceptors (Lipinski definition) is 8. The summed E-state index contributed by atoms with van der Waals surface area (Å²) in [6, 6.07) is 0. The van der Waals surface area contributed by atoms with Gasteiger partial charge >= 0.3 is 5.97 Å². The number of rotatable bonds is 23. The molecule has 0 aromatic heterocycles. The molecule has 0 aromatic rings. The van der Waals surface area contributed by atoms with Crippen LogP contribution in [0.25, 0.3) is 0 Å². The van der Waals surface area contributed by atoms with E-state index in [4.69, 9.17) is 33.2 Å². The smallest absolute Gasteiger partial charge is 0.333 e. The third-order valence-corrected chi connectivity index (χ3v) is 13.0. The molecule has 7 aliphatic rings. The van der Waals surface area contributed by atoms with Crippen molar-refractivity contribution in [1.29, 1.82) is 0 Å². The summed E-state index contributed by atoms with van der Waals surface area (Å²) in [6.07, 6.45) is 21.4. The summed E-state index contributed by atoms with van der Waals surface area (Å²) in [7, 11) is 0.